The normalized spacial score (nSPS) is 24.4. The number of benzene rings is 1. The zero-order chi connectivity index (χ0) is 14.0. The van der Waals surface area contributed by atoms with Gasteiger partial charge in [-0.2, -0.15) is 0 Å². The first kappa shape index (κ1) is 14.7. The average molecular weight is 308 g/mol. The van der Waals surface area contributed by atoms with E-state index in [1.54, 1.807) is 0 Å². The summed E-state index contributed by atoms with van der Waals surface area (Å²) in [5, 5.41) is 9.73. The van der Waals surface area contributed by atoms with E-state index in [-0.39, 0.29) is 9.92 Å². The predicted octanol–water partition coefficient (Wildman–Crippen LogP) is 2.06. The van der Waals surface area contributed by atoms with Gasteiger partial charge in [0.15, 0.2) is 0 Å². The highest BCUT2D eigenvalue weighted by Gasteiger charge is 2.29. The van der Waals surface area contributed by atoms with Crippen LogP contribution < -0.4 is 4.72 Å². The molecule has 0 heterocycles. The molecule has 0 saturated heterocycles. The molecule has 0 bridgehead atoms. The Balaban J connectivity index is 2.24. The molecule has 1 fully saturated rings. The Morgan fingerprint density at radius 3 is 2.68 bits per heavy atom. The Hall–Kier alpha value is -0.690. The highest BCUT2D eigenvalue weighted by molar-refractivity contribution is 7.89. The summed E-state index contributed by atoms with van der Waals surface area (Å²) in [5.41, 5.74) is 0. The molecule has 1 aliphatic carbocycles. The van der Waals surface area contributed by atoms with Crippen LogP contribution in [0.3, 0.4) is 0 Å². The summed E-state index contributed by atoms with van der Waals surface area (Å²) in [6.45, 7) is 0. The van der Waals surface area contributed by atoms with E-state index in [1.165, 1.54) is 6.07 Å². The molecule has 1 aromatic carbocycles. The van der Waals surface area contributed by atoms with Gasteiger partial charge in [0.2, 0.25) is 10.0 Å². The van der Waals surface area contributed by atoms with Crippen LogP contribution in [-0.4, -0.2) is 25.7 Å². The summed E-state index contributed by atoms with van der Waals surface area (Å²) < 4.78 is 39.8. The van der Waals surface area contributed by atoms with Gasteiger partial charge in [-0.05, 0) is 31.0 Å². The number of rotatable bonds is 3. The second-order valence-corrected chi connectivity index (χ2v) is 6.74. The summed E-state index contributed by atoms with van der Waals surface area (Å²) in [5.74, 6) is -0.672. The molecule has 1 saturated carbocycles. The molecule has 4 nitrogen and oxygen atoms in total. The summed E-state index contributed by atoms with van der Waals surface area (Å²) in [4.78, 5) is -0.299. The van der Waals surface area contributed by atoms with Crippen LogP contribution >= 0.6 is 11.6 Å². The Morgan fingerprint density at radius 2 is 2.00 bits per heavy atom. The number of nitrogens with one attached hydrogen (secondary N) is 1. The van der Waals surface area contributed by atoms with Crippen LogP contribution in [0, 0.1) is 5.82 Å². The first-order chi connectivity index (χ1) is 8.90. The third-order valence-corrected chi connectivity index (χ3v) is 5.19. The average Bonchev–Trinajstić information content (AvgIpc) is 2.35. The van der Waals surface area contributed by atoms with Gasteiger partial charge < -0.3 is 5.11 Å². The van der Waals surface area contributed by atoms with E-state index in [0.717, 1.165) is 25.0 Å². The van der Waals surface area contributed by atoms with Crippen LogP contribution in [0.2, 0.25) is 5.02 Å². The zero-order valence-corrected chi connectivity index (χ0v) is 11.7. The van der Waals surface area contributed by atoms with Crippen molar-refractivity contribution in [2.75, 3.05) is 0 Å². The molecule has 0 spiro atoms. The first-order valence-electron chi connectivity index (χ1n) is 6.05. The zero-order valence-electron chi connectivity index (χ0n) is 10.1. The van der Waals surface area contributed by atoms with Gasteiger partial charge in [0.05, 0.1) is 11.1 Å². The molecular weight excluding hydrogens is 293 g/mol. The molecule has 0 radical (unpaired) electrons. The van der Waals surface area contributed by atoms with E-state index < -0.39 is 28.0 Å². The molecule has 106 valence electrons. The number of hydrogen-bond donors (Lipinski definition) is 2. The molecule has 1 aromatic rings. The topological polar surface area (TPSA) is 66.4 Å². The monoisotopic (exact) mass is 307 g/mol. The molecule has 7 heteroatoms. The van der Waals surface area contributed by atoms with E-state index >= 15 is 0 Å². The summed E-state index contributed by atoms with van der Waals surface area (Å²) in [6.07, 6.45) is 2.13. The molecular formula is C12H15ClFNO3S. The van der Waals surface area contributed by atoms with Gasteiger partial charge in [0.1, 0.15) is 10.7 Å². The molecule has 0 aromatic heterocycles. The van der Waals surface area contributed by atoms with Crippen molar-refractivity contribution in [2.45, 2.75) is 42.7 Å². The van der Waals surface area contributed by atoms with Crippen molar-refractivity contribution < 1.29 is 17.9 Å². The maximum atomic E-state index is 13.1. The van der Waals surface area contributed by atoms with Crippen LogP contribution in [-0.2, 0) is 10.0 Å². The fourth-order valence-electron chi connectivity index (χ4n) is 2.19. The molecule has 2 rings (SSSR count). The van der Waals surface area contributed by atoms with Gasteiger partial charge >= 0.3 is 0 Å². The SMILES string of the molecule is O=S(=O)(N[C@@H]1CCCC[C@H]1O)c1cc(F)ccc1Cl. The van der Waals surface area contributed by atoms with Crippen LogP contribution in [0.5, 0.6) is 0 Å². The van der Waals surface area contributed by atoms with E-state index in [4.69, 9.17) is 11.6 Å². The van der Waals surface area contributed by atoms with E-state index in [0.29, 0.717) is 12.8 Å². The van der Waals surface area contributed by atoms with Gasteiger partial charge in [0.25, 0.3) is 0 Å². The third-order valence-electron chi connectivity index (χ3n) is 3.22. The lowest BCUT2D eigenvalue weighted by atomic mass is 9.93. The Morgan fingerprint density at radius 1 is 1.32 bits per heavy atom. The first-order valence-corrected chi connectivity index (χ1v) is 7.92. The molecule has 2 atom stereocenters. The minimum absolute atomic E-state index is 0.0424. The summed E-state index contributed by atoms with van der Waals surface area (Å²) in [6, 6.07) is 2.62. The molecule has 19 heavy (non-hydrogen) atoms. The van der Waals surface area contributed by atoms with Crippen molar-refractivity contribution in [1.82, 2.24) is 4.72 Å². The van der Waals surface area contributed by atoms with E-state index in [9.17, 15) is 17.9 Å². The van der Waals surface area contributed by atoms with Crippen molar-refractivity contribution in [3.05, 3.63) is 29.0 Å². The predicted molar refractivity (Wildman–Crippen MR) is 70.0 cm³/mol. The van der Waals surface area contributed by atoms with Gasteiger partial charge in [-0.1, -0.05) is 24.4 Å². The maximum Gasteiger partial charge on any atom is 0.242 e. The molecule has 1 aliphatic rings. The van der Waals surface area contributed by atoms with E-state index in [1.807, 2.05) is 0 Å². The lowest BCUT2D eigenvalue weighted by molar-refractivity contribution is 0.101. The molecule has 0 unspecified atom stereocenters. The third kappa shape index (κ3) is 3.45. The highest BCUT2D eigenvalue weighted by Crippen LogP contribution is 2.25. The van der Waals surface area contributed by atoms with Crippen molar-refractivity contribution in [3.63, 3.8) is 0 Å². The second-order valence-electron chi connectivity index (χ2n) is 4.65. The van der Waals surface area contributed by atoms with Gasteiger partial charge in [-0.25, -0.2) is 17.5 Å². The fourth-order valence-corrected chi connectivity index (χ4v) is 4.01. The number of hydrogen-bond acceptors (Lipinski definition) is 3. The molecule has 0 aliphatic heterocycles. The largest absolute Gasteiger partial charge is 0.391 e. The van der Waals surface area contributed by atoms with Crippen LogP contribution in [0.4, 0.5) is 4.39 Å². The lowest BCUT2D eigenvalue weighted by Gasteiger charge is -2.28. The standard InChI is InChI=1S/C12H15ClFNO3S/c13-9-6-5-8(14)7-12(9)19(17,18)15-10-3-1-2-4-11(10)16/h5-7,10-11,15-16H,1-4H2/t10-,11-/m1/s1. The minimum atomic E-state index is -3.93. The second kappa shape index (κ2) is 5.75. The highest BCUT2D eigenvalue weighted by atomic mass is 35.5. The Kier molecular flexibility index (Phi) is 4.45. The summed E-state index contributed by atoms with van der Waals surface area (Å²) in [7, 11) is -3.93. The lowest BCUT2D eigenvalue weighted by Crippen LogP contribution is -2.45. The Bertz CT molecular complexity index is 564. The summed E-state index contributed by atoms with van der Waals surface area (Å²) >= 11 is 5.79. The Labute approximate surface area is 116 Å². The van der Waals surface area contributed by atoms with Gasteiger partial charge in [-0.3, -0.25) is 0 Å². The minimum Gasteiger partial charge on any atom is -0.391 e. The fraction of sp³-hybridized carbons (Fsp3) is 0.500. The maximum absolute atomic E-state index is 13.1. The van der Waals surface area contributed by atoms with E-state index in [2.05, 4.69) is 4.72 Å². The van der Waals surface area contributed by atoms with Crippen LogP contribution in [0.25, 0.3) is 0 Å². The number of aliphatic hydroxyl groups excluding tert-OH is 1. The van der Waals surface area contributed by atoms with Crippen molar-refractivity contribution in [1.29, 1.82) is 0 Å². The van der Waals surface area contributed by atoms with Crippen molar-refractivity contribution in [2.24, 2.45) is 0 Å². The quantitative estimate of drug-likeness (QED) is 0.898. The smallest absolute Gasteiger partial charge is 0.242 e. The van der Waals surface area contributed by atoms with Gasteiger partial charge in [-0.15, -0.1) is 0 Å². The van der Waals surface area contributed by atoms with Crippen LogP contribution in [0.15, 0.2) is 23.1 Å². The number of sulfonamides is 1. The number of aliphatic hydroxyl groups is 1. The van der Waals surface area contributed by atoms with Crippen molar-refractivity contribution >= 4 is 21.6 Å². The van der Waals surface area contributed by atoms with Crippen LogP contribution in [0.1, 0.15) is 25.7 Å². The van der Waals surface area contributed by atoms with Crippen molar-refractivity contribution in [3.8, 4) is 0 Å². The van der Waals surface area contributed by atoms with Gasteiger partial charge in [0, 0.05) is 6.04 Å². The molecule has 2 N–H and O–H groups in total. The number of halogens is 2. The molecule has 0 amide bonds.